The van der Waals surface area contributed by atoms with E-state index in [-0.39, 0.29) is 22.3 Å². The summed E-state index contributed by atoms with van der Waals surface area (Å²) < 4.78 is 53.8. The minimum atomic E-state index is -3.94. The van der Waals surface area contributed by atoms with Crippen molar-refractivity contribution in [2.75, 3.05) is 20.3 Å². The van der Waals surface area contributed by atoms with Gasteiger partial charge >= 0.3 is 0 Å². The highest BCUT2D eigenvalue weighted by molar-refractivity contribution is 7.90. The lowest BCUT2D eigenvalue weighted by Crippen LogP contribution is -2.30. The molecule has 1 aromatic rings. The fourth-order valence-electron chi connectivity index (χ4n) is 1.50. The van der Waals surface area contributed by atoms with Crippen LogP contribution in [0.5, 0.6) is 0 Å². The van der Waals surface area contributed by atoms with E-state index in [0.717, 1.165) is 6.07 Å². The molecule has 1 aromatic carbocycles. The predicted octanol–water partition coefficient (Wildman–Crippen LogP) is -0.105. The summed E-state index contributed by atoms with van der Waals surface area (Å²) in [5.74, 6) is -0.00352. The Bertz CT molecular complexity index is 655. The lowest BCUT2D eigenvalue weighted by molar-refractivity contribution is 0.161. The van der Waals surface area contributed by atoms with Crippen LogP contribution in [0.1, 0.15) is 6.92 Å². The third kappa shape index (κ3) is 4.84. The van der Waals surface area contributed by atoms with E-state index in [4.69, 9.17) is 9.88 Å². The van der Waals surface area contributed by atoms with Gasteiger partial charge in [0.15, 0.2) is 0 Å². The highest BCUT2D eigenvalue weighted by Gasteiger charge is 2.18. The minimum absolute atomic E-state index is 0.00352. The second kappa shape index (κ2) is 6.64. The molecule has 114 valence electrons. The van der Waals surface area contributed by atoms with Crippen molar-refractivity contribution in [2.24, 2.45) is 11.1 Å². The highest BCUT2D eigenvalue weighted by Crippen LogP contribution is 2.14. The van der Waals surface area contributed by atoms with Crippen molar-refractivity contribution >= 4 is 20.0 Å². The molecular formula is C11H18N2O5S2. The van der Waals surface area contributed by atoms with Crippen LogP contribution in [0.25, 0.3) is 0 Å². The van der Waals surface area contributed by atoms with Crippen molar-refractivity contribution in [2.45, 2.75) is 16.7 Å². The van der Waals surface area contributed by atoms with Crippen LogP contribution in [0, 0.1) is 5.92 Å². The summed E-state index contributed by atoms with van der Waals surface area (Å²) in [6.07, 6.45) is 0. The zero-order valence-electron chi connectivity index (χ0n) is 11.2. The van der Waals surface area contributed by atoms with Gasteiger partial charge in [-0.15, -0.1) is 0 Å². The van der Waals surface area contributed by atoms with Crippen molar-refractivity contribution < 1.29 is 21.6 Å². The molecule has 20 heavy (non-hydrogen) atoms. The second-order valence-corrected chi connectivity index (χ2v) is 7.76. The van der Waals surface area contributed by atoms with E-state index in [1.807, 2.05) is 6.92 Å². The maximum atomic E-state index is 12.0. The standard InChI is InChI=1S/C11H18N2O5S2/c1-9(8-18-2)7-13-20(16,17)11-5-3-4-10(6-11)19(12,14)15/h3-6,9,13H,7-8H2,1-2H3,(H2,12,14,15). The highest BCUT2D eigenvalue weighted by atomic mass is 32.2. The molecule has 1 rings (SSSR count). The number of ether oxygens (including phenoxy) is 1. The molecule has 7 nitrogen and oxygen atoms in total. The summed E-state index contributed by atoms with van der Waals surface area (Å²) in [4.78, 5) is -0.390. The van der Waals surface area contributed by atoms with Crippen molar-refractivity contribution in [3.8, 4) is 0 Å². The van der Waals surface area contributed by atoms with Gasteiger partial charge in [-0.05, 0) is 24.1 Å². The van der Waals surface area contributed by atoms with Gasteiger partial charge in [0.1, 0.15) is 0 Å². The Morgan fingerprint density at radius 2 is 1.85 bits per heavy atom. The first kappa shape index (κ1) is 17.1. The van der Waals surface area contributed by atoms with Crippen molar-refractivity contribution in [1.82, 2.24) is 4.72 Å². The molecule has 0 aromatic heterocycles. The molecule has 1 atom stereocenters. The second-order valence-electron chi connectivity index (χ2n) is 4.43. The first-order valence-corrected chi connectivity index (χ1v) is 8.81. The number of hydrogen-bond acceptors (Lipinski definition) is 5. The van der Waals surface area contributed by atoms with Gasteiger partial charge in [0.05, 0.1) is 9.79 Å². The number of primary sulfonamides is 1. The zero-order valence-corrected chi connectivity index (χ0v) is 12.9. The normalized spacial score (nSPS) is 14.2. The molecule has 9 heteroatoms. The Labute approximate surface area is 119 Å². The van der Waals surface area contributed by atoms with Gasteiger partial charge in [-0.25, -0.2) is 26.7 Å². The number of nitrogens with two attached hydrogens (primary N) is 1. The largest absolute Gasteiger partial charge is 0.384 e. The third-order valence-corrected chi connectivity index (χ3v) is 4.85. The van der Waals surface area contributed by atoms with E-state index >= 15 is 0 Å². The van der Waals surface area contributed by atoms with Crippen molar-refractivity contribution in [1.29, 1.82) is 0 Å². The van der Waals surface area contributed by atoms with E-state index in [9.17, 15) is 16.8 Å². The summed E-state index contributed by atoms with van der Waals surface area (Å²) in [5.41, 5.74) is 0. The summed E-state index contributed by atoms with van der Waals surface area (Å²) in [6, 6.07) is 4.89. The average Bonchev–Trinajstić information content (AvgIpc) is 2.36. The van der Waals surface area contributed by atoms with E-state index in [1.165, 1.54) is 25.3 Å². The van der Waals surface area contributed by atoms with Crippen LogP contribution in [0.15, 0.2) is 34.1 Å². The first-order valence-electron chi connectivity index (χ1n) is 5.78. The Balaban J connectivity index is 2.94. The Morgan fingerprint density at radius 1 is 1.25 bits per heavy atom. The predicted molar refractivity (Wildman–Crippen MR) is 74.0 cm³/mol. The molecule has 0 amide bonds. The van der Waals surface area contributed by atoms with Gasteiger partial charge in [-0.2, -0.15) is 0 Å². The number of rotatable bonds is 7. The first-order chi connectivity index (χ1) is 9.16. The maximum Gasteiger partial charge on any atom is 0.240 e. The number of hydrogen-bond donors (Lipinski definition) is 2. The molecular weight excluding hydrogens is 304 g/mol. The summed E-state index contributed by atoms with van der Waals surface area (Å²) in [7, 11) is -6.19. The SMILES string of the molecule is COCC(C)CNS(=O)(=O)c1cccc(S(N)(=O)=O)c1. The molecule has 0 radical (unpaired) electrons. The summed E-state index contributed by atoms with van der Waals surface area (Å²) >= 11 is 0. The fourth-order valence-corrected chi connectivity index (χ4v) is 3.34. The van der Waals surface area contributed by atoms with Crippen LogP contribution >= 0.6 is 0 Å². The Hall–Kier alpha value is -1.00. The fraction of sp³-hybridized carbons (Fsp3) is 0.455. The molecule has 0 saturated carbocycles. The summed E-state index contributed by atoms with van der Waals surface area (Å²) in [5, 5.41) is 4.97. The smallest absolute Gasteiger partial charge is 0.240 e. The van der Waals surface area contributed by atoms with E-state index in [0.29, 0.717) is 6.61 Å². The molecule has 1 unspecified atom stereocenters. The molecule has 0 spiro atoms. The lowest BCUT2D eigenvalue weighted by atomic mass is 10.2. The topological polar surface area (TPSA) is 116 Å². The zero-order chi connectivity index (χ0) is 15.4. The van der Waals surface area contributed by atoms with Gasteiger partial charge in [0, 0.05) is 20.3 Å². The van der Waals surface area contributed by atoms with Crippen LogP contribution in [0.2, 0.25) is 0 Å². The summed E-state index contributed by atoms with van der Waals surface area (Å²) in [6.45, 7) is 2.43. The molecule has 0 heterocycles. The third-order valence-electron chi connectivity index (χ3n) is 2.52. The molecule has 0 saturated heterocycles. The van der Waals surface area contributed by atoms with Gasteiger partial charge in [0.2, 0.25) is 20.0 Å². The molecule has 0 aliphatic rings. The molecule has 0 fully saturated rings. The van der Waals surface area contributed by atoms with Crippen LogP contribution in [-0.2, 0) is 24.8 Å². The molecule has 0 aliphatic carbocycles. The van der Waals surface area contributed by atoms with E-state index < -0.39 is 20.0 Å². The van der Waals surface area contributed by atoms with Gasteiger partial charge in [-0.3, -0.25) is 0 Å². The van der Waals surface area contributed by atoms with Crippen LogP contribution in [-0.4, -0.2) is 37.1 Å². The van der Waals surface area contributed by atoms with Gasteiger partial charge in [0.25, 0.3) is 0 Å². The maximum absolute atomic E-state index is 12.0. The quantitative estimate of drug-likeness (QED) is 0.727. The van der Waals surface area contributed by atoms with E-state index in [1.54, 1.807) is 0 Å². The average molecular weight is 322 g/mol. The minimum Gasteiger partial charge on any atom is -0.384 e. The lowest BCUT2D eigenvalue weighted by Gasteiger charge is -2.12. The van der Waals surface area contributed by atoms with Crippen LogP contribution in [0.4, 0.5) is 0 Å². The van der Waals surface area contributed by atoms with Crippen LogP contribution < -0.4 is 9.86 Å². The molecule has 3 N–H and O–H groups in total. The Morgan fingerprint density at radius 3 is 2.40 bits per heavy atom. The van der Waals surface area contributed by atoms with Crippen molar-refractivity contribution in [3.05, 3.63) is 24.3 Å². The number of benzene rings is 1. The van der Waals surface area contributed by atoms with Crippen molar-refractivity contribution in [3.63, 3.8) is 0 Å². The van der Waals surface area contributed by atoms with Crippen LogP contribution in [0.3, 0.4) is 0 Å². The molecule has 0 aliphatic heterocycles. The Kier molecular flexibility index (Phi) is 5.66. The van der Waals surface area contributed by atoms with Gasteiger partial charge < -0.3 is 4.74 Å². The molecule has 0 bridgehead atoms. The van der Waals surface area contributed by atoms with E-state index in [2.05, 4.69) is 4.72 Å². The number of sulfonamides is 2. The number of methoxy groups -OCH3 is 1. The van der Waals surface area contributed by atoms with Gasteiger partial charge in [-0.1, -0.05) is 13.0 Å². The number of nitrogens with one attached hydrogen (secondary N) is 1. The monoisotopic (exact) mass is 322 g/mol.